The number of amides is 2. The van der Waals surface area contributed by atoms with Gasteiger partial charge in [-0.15, -0.1) is 0 Å². The van der Waals surface area contributed by atoms with Crippen LogP contribution in [0.2, 0.25) is 0 Å². The highest BCUT2D eigenvalue weighted by molar-refractivity contribution is 7.99. The van der Waals surface area contributed by atoms with Crippen LogP contribution in [0.4, 0.5) is 0 Å². The van der Waals surface area contributed by atoms with E-state index in [0.717, 1.165) is 25.7 Å². The maximum atomic E-state index is 12.8. The summed E-state index contributed by atoms with van der Waals surface area (Å²) in [7, 11) is 0. The highest BCUT2D eigenvalue weighted by atomic mass is 32.2. The summed E-state index contributed by atoms with van der Waals surface area (Å²) >= 11 is 1.73. The monoisotopic (exact) mass is 284 g/mol. The van der Waals surface area contributed by atoms with Crippen LogP contribution in [0.1, 0.15) is 46.5 Å². The molecule has 1 heterocycles. The molecule has 19 heavy (non-hydrogen) atoms. The number of carbonyl (C=O) groups is 2. The summed E-state index contributed by atoms with van der Waals surface area (Å²) in [6.45, 7) is 6.69. The average molecular weight is 284 g/mol. The number of piperazine rings is 1. The third kappa shape index (κ3) is 2.62. The van der Waals surface area contributed by atoms with Gasteiger partial charge in [-0.1, -0.05) is 12.8 Å². The standard InChI is InChI=1S/C14H24N2O2S/c1-10-11(17)15-14(7-5-6-8-14)12(18)16(10)9-13(2,3)19-4/h10H,5-9H2,1-4H3,(H,15,17). The molecular formula is C14H24N2O2S. The van der Waals surface area contributed by atoms with Crippen LogP contribution in [0, 0.1) is 0 Å². The SMILES string of the molecule is CSC(C)(C)CN1C(=O)C2(CCCC2)NC(=O)C1C. The second kappa shape index (κ2) is 5.00. The Hall–Kier alpha value is -0.710. The molecule has 108 valence electrons. The van der Waals surface area contributed by atoms with E-state index in [-0.39, 0.29) is 22.6 Å². The van der Waals surface area contributed by atoms with Crippen molar-refractivity contribution in [1.82, 2.24) is 10.2 Å². The molecule has 1 aliphatic heterocycles. The lowest BCUT2D eigenvalue weighted by molar-refractivity contribution is -0.154. The fourth-order valence-electron chi connectivity index (χ4n) is 2.99. The second-order valence-electron chi connectivity index (χ2n) is 6.35. The van der Waals surface area contributed by atoms with E-state index in [9.17, 15) is 9.59 Å². The van der Waals surface area contributed by atoms with E-state index < -0.39 is 5.54 Å². The molecule has 4 nitrogen and oxygen atoms in total. The number of nitrogens with zero attached hydrogens (tertiary/aromatic N) is 1. The first kappa shape index (κ1) is 14.7. The molecule has 0 bridgehead atoms. The molecule has 1 saturated heterocycles. The maximum Gasteiger partial charge on any atom is 0.249 e. The van der Waals surface area contributed by atoms with Gasteiger partial charge >= 0.3 is 0 Å². The van der Waals surface area contributed by atoms with Gasteiger partial charge in [-0.05, 0) is 39.9 Å². The average Bonchev–Trinajstić information content (AvgIpc) is 2.82. The van der Waals surface area contributed by atoms with Crippen LogP contribution >= 0.6 is 11.8 Å². The van der Waals surface area contributed by atoms with Gasteiger partial charge in [0.2, 0.25) is 11.8 Å². The van der Waals surface area contributed by atoms with Crippen molar-refractivity contribution in [3.8, 4) is 0 Å². The van der Waals surface area contributed by atoms with Gasteiger partial charge < -0.3 is 10.2 Å². The van der Waals surface area contributed by atoms with Gasteiger partial charge in [0.25, 0.3) is 0 Å². The molecule has 0 aromatic rings. The van der Waals surface area contributed by atoms with Crippen LogP contribution in [0.3, 0.4) is 0 Å². The Kier molecular flexibility index (Phi) is 3.87. The summed E-state index contributed by atoms with van der Waals surface area (Å²) in [5.41, 5.74) is -0.599. The van der Waals surface area contributed by atoms with E-state index in [4.69, 9.17) is 0 Å². The summed E-state index contributed by atoms with van der Waals surface area (Å²) in [5, 5.41) is 2.99. The van der Waals surface area contributed by atoms with Crippen molar-refractivity contribution in [3.05, 3.63) is 0 Å². The molecule has 1 atom stereocenters. The Labute approximate surface area is 119 Å². The van der Waals surface area contributed by atoms with E-state index in [1.807, 2.05) is 13.2 Å². The molecule has 2 fully saturated rings. The topological polar surface area (TPSA) is 49.4 Å². The zero-order valence-electron chi connectivity index (χ0n) is 12.3. The van der Waals surface area contributed by atoms with Crippen molar-refractivity contribution in [2.45, 2.75) is 62.8 Å². The fraction of sp³-hybridized carbons (Fsp3) is 0.857. The van der Waals surface area contributed by atoms with Crippen molar-refractivity contribution in [3.63, 3.8) is 0 Å². The first-order valence-electron chi connectivity index (χ1n) is 7.00. The lowest BCUT2D eigenvalue weighted by Gasteiger charge is -2.45. The quantitative estimate of drug-likeness (QED) is 0.859. The van der Waals surface area contributed by atoms with Crippen LogP contribution in [0.15, 0.2) is 0 Å². The van der Waals surface area contributed by atoms with Gasteiger partial charge in [0.1, 0.15) is 11.6 Å². The zero-order chi connectivity index (χ0) is 14.3. The van der Waals surface area contributed by atoms with E-state index in [0.29, 0.717) is 6.54 Å². The van der Waals surface area contributed by atoms with Crippen LogP contribution in [-0.4, -0.2) is 45.8 Å². The van der Waals surface area contributed by atoms with Gasteiger partial charge in [-0.25, -0.2) is 0 Å². The smallest absolute Gasteiger partial charge is 0.249 e. The normalized spacial score (nSPS) is 26.9. The third-order valence-corrected chi connectivity index (χ3v) is 5.67. The van der Waals surface area contributed by atoms with Crippen molar-refractivity contribution in [2.24, 2.45) is 0 Å². The van der Waals surface area contributed by atoms with Crippen molar-refractivity contribution in [1.29, 1.82) is 0 Å². The lowest BCUT2D eigenvalue weighted by atomic mass is 9.90. The maximum absolute atomic E-state index is 12.8. The Morgan fingerprint density at radius 3 is 2.47 bits per heavy atom. The third-order valence-electron chi connectivity index (χ3n) is 4.44. The minimum absolute atomic E-state index is 0.00148. The Balaban J connectivity index is 2.24. The molecule has 1 spiro atoms. The Bertz CT molecular complexity index is 389. The molecule has 5 heteroatoms. The first-order valence-corrected chi connectivity index (χ1v) is 8.22. The molecular weight excluding hydrogens is 260 g/mol. The van der Waals surface area contributed by atoms with Crippen molar-refractivity contribution in [2.75, 3.05) is 12.8 Å². The van der Waals surface area contributed by atoms with Gasteiger partial charge in [-0.2, -0.15) is 11.8 Å². The van der Waals surface area contributed by atoms with Gasteiger partial charge in [0, 0.05) is 11.3 Å². The molecule has 2 amide bonds. The molecule has 0 radical (unpaired) electrons. The van der Waals surface area contributed by atoms with Gasteiger partial charge in [-0.3, -0.25) is 9.59 Å². The lowest BCUT2D eigenvalue weighted by Crippen LogP contribution is -2.69. The number of hydrogen-bond acceptors (Lipinski definition) is 3. The molecule has 0 aromatic heterocycles. The van der Waals surface area contributed by atoms with Crippen LogP contribution in [-0.2, 0) is 9.59 Å². The van der Waals surface area contributed by atoms with E-state index in [2.05, 4.69) is 19.2 Å². The number of nitrogens with one attached hydrogen (secondary N) is 1. The zero-order valence-corrected chi connectivity index (χ0v) is 13.1. The number of carbonyl (C=O) groups excluding carboxylic acids is 2. The number of thioether (sulfide) groups is 1. The van der Waals surface area contributed by atoms with E-state index in [1.165, 1.54) is 0 Å². The predicted octanol–water partition coefficient (Wildman–Crippen LogP) is 1.79. The molecule has 1 N–H and O–H groups in total. The summed E-state index contributed by atoms with van der Waals surface area (Å²) in [6, 6.07) is -0.356. The molecule has 2 rings (SSSR count). The minimum atomic E-state index is -0.599. The summed E-state index contributed by atoms with van der Waals surface area (Å²) < 4.78 is -0.0265. The van der Waals surface area contributed by atoms with Crippen molar-refractivity contribution < 1.29 is 9.59 Å². The number of rotatable bonds is 3. The highest BCUT2D eigenvalue weighted by Gasteiger charge is 2.51. The van der Waals surface area contributed by atoms with Gasteiger partial charge in [0.15, 0.2) is 0 Å². The predicted molar refractivity (Wildman–Crippen MR) is 78.1 cm³/mol. The van der Waals surface area contributed by atoms with E-state index in [1.54, 1.807) is 16.7 Å². The summed E-state index contributed by atoms with van der Waals surface area (Å²) in [6.07, 6.45) is 5.69. The summed E-state index contributed by atoms with van der Waals surface area (Å²) in [5.74, 6) is 0.123. The van der Waals surface area contributed by atoms with E-state index >= 15 is 0 Å². The summed E-state index contributed by atoms with van der Waals surface area (Å²) in [4.78, 5) is 26.8. The largest absolute Gasteiger partial charge is 0.340 e. The first-order chi connectivity index (χ1) is 8.81. The number of hydrogen-bond donors (Lipinski definition) is 1. The van der Waals surface area contributed by atoms with Crippen molar-refractivity contribution >= 4 is 23.6 Å². The molecule has 0 aromatic carbocycles. The molecule has 1 unspecified atom stereocenters. The minimum Gasteiger partial charge on any atom is -0.340 e. The van der Waals surface area contributed by atoms with Crippen LogP contribution in [0.25, 0.3) is 0 Å². The fourth-order valence-corrected chi connectivity index (χ4v) is 3.26. The van der Waals surface area contributed by atoms with Gasteiger partial charge in [0.05, 0.1) is 0 Å². The second-order valence-corrected chi connectivity index (χ2v) is 7.86. The molecule has 2 aliphatic rings. The Morgan fingerprint density at radius 2 is 1.95 bits per heavy atom. The van der Waals surface area contributed by atoms with Crippen LogP contribution < -0.4 is 5.32 Å². The molecule has 1 aliphatic carbocycles. The highest BCUT2D eigenvalue weighted by Crippen LogP contribution is 2.36. The Morgan fingerprint density at radius 1 is 1.37 bits per heavy atom. The molecule has 1 saturated carbocycles. The van der Waals surface area contributed by atoms with Crippen LogP contribution in [0.5, 0.6) is 0 Å².